The molecule has 0 spiro atoms. The zero-order valence-electron chi connectivity index (χ0n) is 17.9. The number of benzene rings is 1. The van der Waals surface area contributed by atoms with Gasteiger partial charge in [-0.05, 0) is 36.8 Å². The summed E-state index contributed by atoms with van der Waals surface area (Å²) in [6.07, 6.45) is 3.29. The maximum atomic E-state index is 12.2. The number of rotatable bonds is 10. The molecule has 1 aromatic carbocycles. The number of carbonyl (C=O) groups is 1. The van der Waals surface area contributed by atoms with Crippen LogP contribution in [0.3, 0.4) is 0 Å². The highest BCUT2D eigenvalue weighted by atomic mass is 35.5. The van der Waals surface area contributed by atoms with Gasteiger partial charge in [-0.1, -0.05) is 23.7 Å². The first-order valence-electron chi connectivity index (χ1n) is 10.2. The van der Waals surface area contributed by atoms with Crippen molar-refractivity contribution in [3.8, 4) is 11.6 Å². The second-order valence-electron chi connectivity index (χ2n) is 7.25. The Morgan fingerprint density at radius 2 is 2.06 bits per heavy atom. The van der Waals surface area contributed by atoms with Crippen LogP contribution in [-0.4, -0.2) is 37.5 Å². The number of carbonyl (C=O) groups excluding carboxylic acids is 1. The first-order chi connectivity index (χ1) is 16.0. The van der Waals surface area contributed by atoms with Gasteiger partial charge >= 0.3 is 5.76 Å². The van der Waals surface area contributed by atoms with Crippen LogP contribution in [0.4, 0.5) is 0 Å². The molecule has 3 aromatic heterocycles. The maximum absolute atomic E-state index is 12.2. The van der Waals surface area contributed by atoms with Crippen molar-refractivity contribution in [1.29, 1.82) is 0 Å². The van der Waals surface area contributed by atoms with Crippen molar-refractivity contribution in [2.45, 2.75) is 25.8 Å². The van der Waals surface area contributed by atoms with E-state index in [4.69, 9.17) is 20.4 Å². The van der Waals surface area contributed by atoms with Crippen LogP contribution in [-0.2, 0) is 23.6 Å². The summed E-state index contributed by atoms with van der Waals surface area (Å²) >= 11 is 7.58. The summed E-state index contributed by atoms with van der Waals surface area (Å²) in [5, 5.41) is 7.60. The predicted octanol–water partition coefficient (Wildman–Crippen LogP) is 3.35. The lowest BCUT2D eigenvalue weighted by Crippen LogP contribution is -2.32. The Morgan fingerprint density at radius 1 is 1.24 bits per heavy atom. The lowest BCUT2D eigenvalue weighted by Gasteiger charge is -2.05. The van der Waals surface area contributed by atoms with Crippen LogP contribution in [0.2, 0.25) is 5.02 Å². The molecule has 9 nitrogen and oxygen atoms in total. The zero-order valence-corrected chi connectivity index (χ0v) is 19.4. The Morgan fingerprint density at radius 3 is 2.82 bits per heavy atom. The number of hydrogen-bond acceptors (Lipinski definition) is 7. The molecule has 4 aromatic rings. The van der Waals surface area contributed by atoms with Crippen molar-refractivity contribution in [2.24, 2.45) is 0 Å². The van der Waals surface area contributed by atoms with E-state index in [1.807, 2.05) is 47.9 Å². The summed E-state index contributed by atoms with van der Waals surface area (Å²) in [4.78, 5) is 28.7. The second kappa shape index (κ2) is 10.6. The maximum Gasteiger partial charge on any atom is 0.437 e. The van der Waals surface area contributed by atoms with Crippen LogP contribution < -0.4 is 11.1 Å². The lowest BCUT2D eigenvalue weighted by atomic mass is 10.2. The number of nitrogens with one attached hydrogen (secondary N) is 1. The highest BCUT2D eigenvalue weighted by Crippen LogP contribution is 2.20. The Labute approximate surface area is 198 Å². The van der Waals surface area contributed by atoms with E-state index in [0.717, 1.165) is 33.2 Å². The fraction of sp³-hybridized carbons (Fsp3) is 0.273. The molecule has 1 N–H and O–H groups in total. The Balaban J connectivity index is 1.32. The van der Waals surface area contributed by atoms with Crippen molar-refractivity contribution < 1.29 is 13.6 Å². The third-order valence-corrected chi connectivity index (χ3v) is 6.09. The average molecular weight is 488 g/mol. The van der Waals surface area contributed by atoms with Gasteiger partial charge in [0.15, 0.2) is 0 Å². The van der Waals surface area contributed by atoms with Gasteiger partial charge in [-0.2, -0.15) is 16.4 Å². The van der Waals surface area contributed by atoms with Crippen molar-refractivity contribution in [3.05, 3.63) is 81.6 Å². The lowest BCUT2D eigenvalue weighted by molar-refractivity contribution is -0.121. The molecule has 0 fully saturated rings. The molecule has 4 rings (SSSR count). The molecule has 0 saturated heterocycles. The van der Waals surface area contributed by atoms with E-state index in [0.29, 0.717) is 23.8 Å². The van der Waals surface area contributed by atoms with Crippen molar-refractivity contribution in [3.63, 3.8) is 0 Å². The summed E-state index contributed by atoms with van der Waals surface area (Å²) in [6, 6.07) is 11.3. The summed E-state index contributed by atoms with van der Waals surface area (Å²) in [6.45, 7) is 2.69. The molecule has 0 aliphatic carbocycles. The number of aromatic nitrogens is 4. The highest BCUT2D eigenvalue weighted by molar-refractivity contribution is 7.98. The topological polar surface area (TPSA) is 108 Å². The minimum atomic E-state index is -0.709. The summed E-state index contributed by atoms with van der Waals surface area (Å²) in [5.41, 5.74) is 2.29. The van der Waals surface area contributed by atoms with E-state index in [-0.39, 0.29) is 18.3 Å². The van der Waals surface area contributed by atoms with Crippen LogP contribution in [0.25, 0.3) is 11.6 Å². The molecular formula is C22H22ClN5O4S. The van der Waals surface area contributed by atoms with Crippen molar-refractivity contribution in [1.82, 2.24) is 24.6 Å². The molecule has 0 aliphatic rings. The molecule has 1 amide bonds. The molecule has 0 aliphatic heterocycles. The number of amides is 1. The van der Waals surface area contributed by atoms with Crippen LogP contribution in [0.5, 0.6) is 0 Å². The first kappa shape index (κ1) is 22.9. The van der Waals surface area contributed by atoms with E-state index >= 15 is 0 Å². The summed E-state index contributed by atoms with van der Waals surface area (Å²) < 4.78 is 13.4. The fourth-order valence-electron chi connectivity index (χ4n) is 3.12. The number of furan rings is 1. The normalized spacial score (nSPS) is 11.1. The van der Waals surface area contributed by atoms with Gasteiger partial charge in [0.1, 0.15) is 18.0 Å². The van der Waals surface area contributed by atoms with Gasteiger partial charge in [0, 0.05) is 29.6 Å². The molecule has 3 heterocycles. The van der Waals surface area contributed by atoms with Gasteiger partial charge in [-0.3, -0.25) is 4.79 Å². The smallest absolute Gasteiger partial charge is 0.437 e. The zero-order chi connectivity index (χ0) is 23.2. The molecule has 0 atom stereocenters. The largest absolute Gasteiger partial charge is 0.468 e. The van der Waals surface area contributed by atoms with E-state index in [1.54, 1.807) is 24.4 Å². The minimum absolute atomic E-state index is 0.0779. The monoisotopic (exact) mass is 487 g/mol. The number of hydrogen-bond donors (Lipinski definition) is 1. The quantitative estimate of drug-likeness (QED) is 0.342. The Bertz CT molecular complexity index is 1260. The highest BCUT2D eigenvalue weighted by Gasteiger charge is 2.18. The predicted molar refractivity (Wildman–Crippen MR) is 125 cm³/mol. The van der Waals surface area contributed by atoms with Crippen molar-refractivity contribution in [2.75, 3.05) is 12.3 Å². The number of imidazole rings is 1. The van der Waals surface area contributed by atoms with E-state index in [1.165, 1.54) is 0 Å². The van der Waals surface area contributed by atoms with Gasteiger partial charge in [0.25, 0.3) is 5.89 Å². The van der Waals surface area contributed by atoms with E-state index < -0.39 is 5.76 Å². The molecule has 0 unspecified atom stereocenters. The van der Waals surface area contributed by atoms with Gasteiger partial charge in [0.05, 0.1) is 18.3 Å². The molecule has 172 valence electrons. The Hall–Kier alpha value is -3.24. The Kier molecular flexibility index (Phi) is 7.36. The number of halogens is 1. The number of nitrogens with zero attached hydrogens (tertiary/aromatic N) is 4. The number of thioether (sulfide) groups is 1. The van der Waals surface area contributed by atoms with Crippen LogP contribution >= 0.6 is 23.4 Å². The standard InChI is InChI=1S/C22H22ClN5O4S/c1-15-20(25-14-27(15)11-16-4-6-17(23)7-5-16)21-26-28(22(30)32-21)12-19(29)24-8-10-33-13-18-3-2-9-31-18/h2-7,9,14H,8,10-13H2,1H3,(H,24,29). The van der Waals surface area contributed by atoms with Gasteiger partial charge < -0.3 is 18.7 Å². The van der Waals surface area contributed by atoms with Gasteiger partial charge in [-0.25, -0.2) is 9.78 Å². The second-order valence-corrected chi connectivity index (χ2v) is 8.79. The molecule has 0 radical (unpaired) electrons. The summed E-state index contributed by atoms with van der Waals surface area (Å²) in [7, 11) is 0. The molecule has 33 heavy (non-hydrogen) atoms. The SMILES string of the molecule is Cc1c(-c2nn(CC(=O)NCCSCc3ccco3)c(=O)o2)ncn1Cc1ccc(Cl)cc1. The first-order valence-corrected chi connectivity index (χ1v) is 11.7. The molecule has 0 saturated carbocycles. The van der Waals surface area contributed by atoms with Gasteiger partial charge in [-0.15, -0.1) is 5.10 Å². The molecule has 11 heteroatoms. The third-order valence-electron chi connectivity index (χ3n) is 4.86. The molecule has 0 bridgehead atoms. The van der Waals surface area contributed by atoms with Crippen LogP contribution in [0, 0.1) is 6.92 Å². The minimum Gasteiger partial charge on any atom is -0.468 e. The van der Waals surface area contributed by atoms with E-state index in [9.17, 15) is 9.59 Å². The molecular weight excluding hydrogens is 466 g/mol. The van der Waals surface area contributed by atoms with Gasteiger partial charge in [0.2, 0.25) is 5.91 Å². The average Bonchev–Trinajstić information content (AvgIpc) is 3.52. The van der Waals surface area contributed by atoms with E-state index in [2.05, 4.69) is 15.4 Å². The van der Waals surface area contributed by atoms with Crippen LogP contribution in [0.15, 0.2) is 62.6 Å². The fourth-order valence-corrected chi connectivity index (χ4v) is 4.01. The van der Waals surface area contributed by atoms with Crippen LogP contribution in [0.1, 0.15) is 17.0 Å². The van der Waals surface area contributed by atoms with Crippen molar-refractivity contribution >= 4 is 29.3 Å². The third kappa shape index (κ3) is 5.96. The summed E-state index contributed by atoms with van der Waals surface area (Å²) in [5.74, 6) is 1.39.